The highest BCUT2D eigenvalue weighted by molar-refractivity contribution is 5.92. The molecule has 4 nitrogen and oxygen atoms in total. The lowest BCUT2D eigenvalue weighted by Crippen LogP contribution is -2.38. The number of anilines is 1. The average molecular weight is 273 g/mol. The third-order valence-corrected chi connectivity index (χ3v) is 3.06. The predicted octanol–water partition coefficient (Wildman–Crippen LogP) is 2.29. The summed E-state index contributed by atoms with van der Waals surface area (Å²) in [7, 11) is 3.12. The number of carbonyl (C=O) groups is 1. The van der Waals surface area contributed by atoms with Crippen molar-refractivity contribution >= 4 is 11.6 Å². The molecule has 0 aliphatic heterocycles. The van der Waals surface area contributed by atoms with Crippen molar-refractivity contribution in [3.63, 3.8) is 0 Å². The number of pyridine rings is 1. The lowest BCUT2D eigenvalue weighted by atomic mass is 10.2. The molecule has 1 aromatic heterocycles. The van der Waals surface area contributed by atoms with E-state index in [1.54, 1.807) is 14.1 Å². The minimum absolute atomic E-state index is 0.0514. The monoisotopic (exact) mass is 273 g/mol. The molecule has 7 heteroatoms. The zero-order valence-electron chi connectivity index (χ0n) is 10.6. The van der Waals surface area contributed by atoms with E-state index in [2.05, 4.69) is 10.3 Å². The van der Waals surface area contributed by atoms with Crippen LogP contribution in [0.25, 0.3) is 0 Å². The number of alkyl halides is 3. The predicted molar refractivity (Wildman–Crippen MR) is 63.9 cm³/mol. The Morgan fingerprint density at radius 1 is 1.42 bits per heavy atom. The van der Waals surface area contributed by atoms with Crippen molar-refractivity contribution < 1.29 is 18.0 Å². The summed E-state index contributed by atoms with van der Waals surface area (Å²) in [5.74, 6) is -0.347. The topological polar surface area (TPSA) is 45.2 Å². The smallest absolute Gasteiger partial charge is 0.371 e. The van der Waals surface area contributed by atoms with E-state index in [0.29, 0.717) is 0 Å². The summed E-state index contributed by atoms with van der Waals surface area (Å²) >= 11 is 0. The second-order valence-electron chi connectivity index (χ2n) is 4.83. The minimum Gasteiger partial charge on any atom is -0.371 e. The fourth-order valence-corrected chi connectivity index (χ4v) is 1.73. The van der Waals surface area contributed by atoms with E-state index in [9.17, 15) is 18.0 Å². The van der Waals surface area contributed by atoms with Crippen molar-refractivity contribution in [1.82, 2.24) is 9.88 Å². The Kier molecular flexibility index (Phi) is 3.15. The number of hydrogen-bond donors (Lipinski definition) is 1. The molecule has 1 heterocycles. The van der Waals surface area contributed by atoms with Crippen LogP contribution in [0.5, 0.6) is 0 Å². The molecule has 104 valence electrons. The molecule has 1 aliphatic rings. The SMILES string of the molecule is CN(C)C(=O)c1cc(NC2(C(F)(F)F)CC2)ccn1. The van der Waals surface area contributed by atoms with Crippen LogP contribution in [0.3, 0.4) is 0 Å². The second-order valence-corrected chi connectivity index (χ2v) is 4.83. The first kappa shape index (κ1) is 13.6. The number of hydrogen-bond acceptors (Lipinski definition) is 3. The van der Waals surface area contributed by atoms with Gasteiger partial charge >= 0.3 is 6.18 Å². The molecule has 0 spiro atoms. The summed E-state index contributed by atoms with van der Waals surface area (Å²) < 4.78 is 38.4. The Morgan fingerprint density at radius 3 is 2.53 bits per heavy atom. The molecule has 2 rings (SSSR count). The molecule has 0 radical (unpaired) electrons. The van der Waals surface area contributed by atoms with Gasteiger partial charge in [-0.15, -0.1) is 0 Å². The molecule has 0 saturated heterocycles. The number of rotatable bonds is 3. The first-order valence-corrected chi connectivity index (χ1v) is 5.78. The van der Waals surface area contributed by atoms with Crippen molar-refractivity contribution in [1.29, 1.82) is 0 Å². The van der Waals surface area contributed by atoms with E-state index in [0.717, 1.165) is 0 Å². The lowest BCUT2D eigenvalue weighted by Gasteiger charge is -2.22. The van der Waals surface area contributed by atoms with Crippen LogP contribution in [-0.2, 0) is 0 Å². The van der Waals surface area contributed by atoms with Gasteiger partial charge in [0.05, 0.1) is 0 Å². The molecular weight excluding hydrogens is 259 g/mol. The summed E-state index contributed by atoms with van der Waals surface area (Å²) in [6.07, 6.45) is -2.86. The van der Waals surface area contributed by atoms with Crippen LogP contribution in [0.1, 0.15) is 23.3 Å². The first-order chi connectivity index (χ1) is 8.75. The van der Waals surface area contributed by atoms with Crippen LogP contribution in [0.15, 0.2) is 18.3 Å². The van der Waals surface area contributed by atoms with Crippen molar-refractivity contribution in [2.24, 2.45) is 0 Å². The second kappa shape index (κ2) is 4.40. The van der Waals surface area contributed by atoms with Crippen molar-refractivity contribution in [2.45, 2.75) is 24.6 Å². The highest BCUT2D eigenvalue weighted by Crippen LogP contribution is 2.51. The molecule has 1 aromatic rings. The molecule has 1 amide bonds. The van der Waals surface area contributed by atoms with Gasteiger partial charge in [-0.2, -0.15) is 13.2 Å². The third kappa shape index (κ3) is 2.64. The normalized spacial score (nSPS) is 16.9. The van der Waals surface area contributed by atoms with Gasteiger partial charge in [-0.25, -0.2) is 0 Å². The Hall–Kier alpha value is -1.79. The van der Waals surface area contributed by atoms with Gasteiger partial charge in [-0.3, -0.25) is 9.78 Å². The fraction of sp³-hybridized carbons (Fsp3) is 0.500. The van der Waals surface area contributed by atoms with E-state index in [-0.39, 0.29) is 30.1 Å². The Bertz CT molecular complexity index is 495. The molecule has 1 aliphatic carbocycles. The summed E-state index contributed by atoms with van der Waals surface area (Å²) in [4.78, 5) is 16.9. The van der Waals surface area contributed by atoms with Crippen molar-refractivity contribution in [3.8, 4) is 0 Å². The summed E-state index contributed by atoms with van der Waals surface area (Å²) in [6, 6.07) is 2.77. The van der Waals surface area contributed by atoms with Crippen molar-refractivity contribution in [3.05, 3.63) is 24.0 Å². The van der Waals surface area contributed by atoms with Gasteiger partial charge in [0.15, 0.2) is 0 Å². The Balaban J connectivity index is 2.19. The van der Waals surface area contributed by atoms with Gasteiger partial charge in [-0.05, 0) is 25.0 Å². The van der Waals surface area contributed by atoms with E-state index in [1.807, 2.05) is 0 Å². The van der Waals surface area contributed by atoms with Gasteiger partial charge in [0, 0.05) is 26.0 Å². The number of halogens is 3. The quantitative estimate of drug-likeness (QED) is 0.919. The van der Waals surface area contributed by atoms with Crippen molar-refractivity contribution in [2.75, 3.05) is 19.4 Å². The fourth-order valence-electron chi connectivity index (χ4n) is 1.73. The van der Waals surface area contributed by atoms with Gasteiger partial charge in [0.25, 0.3) is 5.91 Å². The molecule has 1 N–H and O–H groups in total. The third-order valence-electron chi connectivity index (χ3n) is 3.06. The highest BCUT2D eigenvalue weighted by atomic mass is 19.4. The minimum atomic E-state index is -4.29. The molecule has 0 atom stereocenters. The molecule has 1 saturated carbocycles. The van der Waals surface area contributed by atoms with Gasteiger partial charge in [0.1, 0.15) is 11.2 Å². The largest absolute Gasteiger partial charge is 0.411 e. The van der Waals surface area contributed by atoms with Crippen LogP contribution in [-0.4, -0.2) is 41.6 Å². The van der Waals surface area contributed by atoms with Gasteiger partial charge in [0.2, 0.25) is 0 Å². The maximum Gasteiger partial charge on any atom is 0.411 e. The van der Waals surface area contributed by atoms with E-state index in [4.69, 9.17) is 0 Å². The van der Waals surface area contributed by atoms with Gasteiger partial charge < -0.3 is 10.2 Å². The highest BCUT2D eigenvalue weighted by Gasteiger charge is 2.63. The maximum absolute atomic E-state index is 12.8. The number of carbonyl (C=O) groups excluding carboxylic acids is 1. The first-order valence-electron chi connectivity index (χ1n) is 5.78. The van der Waals surface area contributed by atoms with Crippen LogP contribution in [0.2, 0.25) is 0 Å². The maximum atomic E-state index is 12.8. The Morgan fingerprint density at radius 2 is 2.05 bits per heavy atom. The van der Waals surface area contributed by atoms with E-state index in [1.165, 1.54) is 23.2 Å². The number of nitrogens with zero attached hydrogens (tertiary/aromatic N) is 2. The van der Waals surface area contributed by atoms with Crippen LogP contribution in [0.4, 0.5) is 18.9 Å². The number of aromatic nitrogens is 1. The van der Waals surface area contributed by atoms with Crippen LogP contribution >= 0.6 is 0 Å². The zero-order chi connectivity index (χ0) is 14.3. The summed E-state index contributed by atoms with van der Waals surface area (Å²) in [5.41, 5.74) is -1.46. The Labute approximate surface area is 108 Å². The van der Waals surface area contributed by atoms with E-state index < -0.39 is 11.7 Å². The number of nitrogens with one attached hydrogen (secondary N) is 1. The summed E-state index contributed by atoms with van der Waals surface area (Å²) in [6.45, 7) is 0. The lowest BCUT2D eigenvalue weighted by molar-refractivity contribution is -0.151. The zero-order valence-corrected chi connectivity index (χ0v) is 10.6. The standard InChI is InChI=1S/C12H14F3N3O/c1-18(2)10(19)9-7-8(3-6-16-9)17-11(4-5-11)12(13,14)15/h3,6-7H,4-5H2,1-2H3,(H,16,17). The van der Waals surface area contributed by atoms with E-state index >= 15 is 0 Å². The molecule has 0 unspecified atom stereocenters. The van der Waals surface area contributed by atoms with Crippen LogP contribution < -0.4 is 5.32 Å². The average Bonchev–Trinajstić information content (AvgIpc) is 3.08. The molecule has 0 bridgehead atoms. The number of amides is 1. The molecule has 0 aromatic carbocycles. The molecular formula is C12H14F3N3O. The van der Waals surface area contributed by atoms with Gasteiger partial charge in [-0.1, -0.05) is 0 Å². The molecule has 19 heavy (non-hydrogen) atoms. The van der Waals surface area contributed by atoms with Crippen LogP contribution in [0, 0.1) is 0 Å². The molecule has 1 fully saturated rings. The summed E-state index contributed by atoms with van der Waals surface area (Å²) in [5, 5.41) is 2.47.